The monoisotopic (exact) mass is 1140 g/mol. The van der Waals surface area contributed by atoms with Crippen LogP contribution < -0.4 is 0 Å². The molecule has 6 nitrogen and oxygen atoms in total. The molecular formula is C76H134O6. The first-order chi connectivity index (χ1) is 40.5. The van der Waals surface area contributed by atoms with Crippen LogP contribution in [-0.2, 0) is 28.6 Å². The van der Waals surface area contributed by atoms with Crippen molar-refractivity contribution in [3.8, 4) is 0 Å². The Morgan fingerprint density at radius 1 is 0.256 bits per heavy atom. The van der Waals surface area contributed by atoms with Crippen LogP contribution in [0.25, 0.3) is 0 Å². The van der Waals surface area contributed by atoms with E-state index in [9.17, 15) is 14.4 Å². The highest BCUT2D eigenvalue weighted by molar-refractivity contribution is 5.71. The van der Waals surface area contributed by atoms with Gasteiger partial charge in [0.25, 0.3) is 0 Å². The number of hydrogen-bond acceptors (Lipinski definition) is 6. The van der Waals surface area contributed by atoms with Crippen LogP contribution in [0.15, 0.2) is 85.1 Å². The number of hydrogen-bond donors (Lipinski definition) is 0. The first-order valence-corrected chi connectivity index (χ1v) is 35.6. The summed E-state index contributed by atoms with van der Waals surface area (Å²) in [6, 6.07) is 0. The lowest BCUT2D eigenvalue weighted by atomic mass is 10.0. The van der Waals surface area contributed by atoms with Crippen LogP contribution in [0.3, 0.4) is 0 Å². The zero-order valence-electron chi connectivity index (χ0n) is 54.5. The largest absolute Gasteiger partial charge is 0.462 e. The van der Waals surface area contributed by atoms with E-state index in [1.165, 1.54) is 225 Å². The molecule has 0 aromatic rings. The summed E-state index contributed by atoms with van der Waals surface area (Å²) in [5, 5.41) is 0. The molecule has 0 rings (SSSR count). The predicted molar refractivity (Wildman–Crippen MR) is 358 cm³/mol. The molecule has 0 heterocycles. The average molecular weight is 1140 g/mol. The average Bonchev–Trinajstić information content (AvgIpc) is 3.47. The third-order valence-corrected chi connectivity index (χ3v) is 15.6. The number of carbonyl (C=O) groups is 3. The number of rotatable bonds is 65. The van der Waals surface area contributed by atoms with E-state index in [2.05, 4.69) is 106 Å². The Kier molecular flexibility index (Phi) is 67.2. The van der Waals surface area contributed by atoms with E-state index in [1.807, 2.05) is 0 Å². The molecule has 0 aliphatic rings. The number of allylic oxidation sites excluding steroid dienone is 14. The maximum absolute atomic E-state index is 12.9. The van der Waals surface area contributed by atoms with Crippen molar-refractivity contribution >= 4 is 17.9 Å². The maximum Gasteiger partial charge on any atom is 0.306 e. The Morgan fingerprint density at radius 2 is 0.476 bits per heavy atom. The smallest absolute Gasteiger partial charge is 0.306 e. The van der Waals surface area contributed by atoms with Crippen molar-refractivity contribution in [1.82, 2.24) is 0 Å². The van der Waals surface area contributed by atoms with Crippen molar-refractivity contribution in [2.45, 2.75) is 367 Å². The van der Waals surface area contributed by atoms with Crippen molar-refractivity contribution in [3.05, 3.63) is 85.1 Å². The molecule has 82 heavy (non-hydrogen) atoms. The lowest BCUT2D eigenvalue weighted by Gasteiger charge is -2.18. The van der Waals surface area contributed by atoms with Crippen molar-refractivity contribution < 1.29 is 28.6 Å². The first-order valence-electron chi connectivity index (χ1n) is 35.6. The van der Waals surface area contributed by atoms with Gasteiger partial charge in [-0.05, 0) is 96.3 Å². The van der Waals surface area contributed by atoms with Crippen molar-refractivity contribution in [3.63, 3.8) is 0 Å². The van der Waals surface area contributed by atoms with Gasteiger partial charge < -0.3 is 14.2 Å². The molecule has 0 spiro atoms. The van der Waals surface area contributed by atoms with Crippen molar-refractivity contribution in [1.29, 1.82) is 0 Å². The topological polar surface area (TPSA) is 78.9 Å². The molecule has 0 fully saturated rings. The lowest BCUT2D eigenvalue weighted by Crippen LogP contribution is -2.30. The lowest BCUT2D eigenvalue weighted by molar-refractivity contribution is -0.167. The minimum absolute atomic E-state index is 0.0723. The van der Waals surface area contributed by atoms with E-state index in [1.54, 1.807) is 0 Å². The van der Waals surface area contributed by atoms with Crippen LogP contribution >= 0.6 is 0 Å². The molecule has 0 N–H and O–H groups in total. The van der Waals surface area contributed by atoms with E-state index in [4.69, 9.17) is 14.2 Å². The molecule has 6 heteroatoms. The second kappa shape index (κ2) is 70.1. The second-order valence-electron chi connectivity index (χ2n) is 23.8. The highest BCUT2D eigenvalue weighted by Gasteiger charge is 2.19. The quantitative estimate of drug-likeness (QED) is 0.0261. The van der Waals surface area contributed by atoms with Crippen LogP contribution in [-0.4, -0.2) is 37.2 Å². The van der Waals surface area contributed by atoms with Gasteiger partial charge in [0.2, 0.25) is 0 Å². The normalized spacial score (nSPS) is 12.6. The van der Waals surface area contributed by atoms with Crippen LogP contribution in [0.1, 0.15) is 361 Å². The summed E-state index contributed by atoms with van der Waals surface area (Å²) < 4.78 is 17.0. The van der Waals surface area contributed by atoms with Gasteiger partial charge in [0.05, 0.1) is 0 Å². The fourth-order valence-electron chi connectivity index (χ4n) is 10.3. The Labute approximate surface area is 509 Å². The molecule has 474 valence electrons. The fourth-order valence-corrected chi connectivity index (χ4v) is 10.3. The van der Waals surface area contributed by atoms with Gasteiger partial charge in [-0.15, -0.1) is 0 Å². The van der Waals surface area contributed by atoms with Gasteiger partial charge in [-0.3, -0.25) is 14.4 Å². The zero-order chi connectivity index (χ0) is 59.2. The van der Waals surface area contributed by atoms with Crippen molar-refractivity contribution in [2.24, 2.45) is 0 Å². The van der Waals surface area contributed by atoms with E-state index in [-0.39, 0.29) is 31.1 Å². The van der Waals surface area contributed by atoms with Crippen LogP contribution in [0, 0.1) is 0 Å². The summed E-state index contributed by atoms with van der Waals surface area (Å²) in [6.45, 7) is 6.56. The summed E-state index contributed by atoms with van der Waals surface area (Å²) in [5.41, 5.74) is 0. The zero-order valence-corrected chi connectivity index (χ0v) is 54.5. The van der Waals surface area contributed by atoms with Gasteiger partial charge in [0.15, 0.2) is 6.10 Å². The SMILES string of the molecule is CC/C=C\C/C=C\C/C=C\C/C=C\C/C=C\C/C=C\CCCCCCCCCCCCCCC(=O)OCC(COC(=O)CCCCCCCCCCCC)OC(=O)CCCCCCCCCCCCC/C=C\CCCCCCCCCC. The standard InChI is InChI=1S/C76H134O6/c1-4-7-10-13-16-19-22-24-26-28-30-32-34-35-36-37-38-39-40-41-43-44-46-48-50-52-54-57-60-63-66-69-75(78)81-72-73(71-80-74(77)68-65-62-59-56-21-18-15-12-9-6-3)82-76(79)70-67-64-61-58-55-53-51-49-47-45-42-33-31-29-27-25-23-20-17-14-11-8-5-2/h7,10,16,19,24,26,29-32,35-36,38-39,73H,4-6,8-9,11-15,17-18,20-23,25,27-28,33-34,37,40-72H2,1-3H3/b10-7-,19-16-,26-24-,31-29-,32-30-,36-35-,39-38-. The van der Waals surface area contributed by atoms with Gasteiger partial charge in [0, 0.05) is 19.3 Å². The van der Waals surface area contributed by atoms with Crippen LogP contribution in [0.5, 0.6) is 0 Å². The Balaban J connectivity index is 4.17. The molecule has 0 aromatic heterocycles. The summed E-state index contributed by atoms with van der Waals surface area (Å²) in [4.78, 5) is 38.3. The number of carbonyl (C=O) groups excluding carboxylic acids is 3. The Morgan fingerprint density at radius 3 is 0.756 bits per heavy atom. The molecule has 0 saturated carbocycles. The number of unbranched alkanes of at least 4 members (excludes halogenated alkanes) is 40. The third kappa shape index (κ3) is 67.4. The first kappa shape index (κ1) is 78.6. The van der Waals surface area contributed by atoms with Gasteiger partial charge in [-0.25, -0.2) is 0 Å². The molecule has 0 aliphatic heterocycles. The maximum atomic E-state index is 12.9. The molecule has 1 unspecified atom stereocenters. The second-order valence-corrected chi connectivity index (χ2v) is 23.8. The molecular weight excluding hydrogens is 1010 g/mol. The highest BCUT2D eigenvalue weighted by Crippen LogP contribution is 2.17. The van der Waals surface area contributed by atoms with Gasteiger partial charge in [0.1, 0.15) is 13.2 Å². The van der Waals surface area contributed by atoms with Gasteiger partial charge in [-0.1, -0.05) is 331 Å². The highest BCUT2D eigenvalue weighted by atomic mass is 16.6. The summed E-state index contributed by atoms with van der Waals surface area (Å²) in [5.74, 6) is -0.858. The molecule has 0 aromatic carbocycles. The third-order valence-electron chi connectivity index (χ3n) is 15.6. The number of esters is 3. The Hall–Kier alpha value is -3.41. The molecule has 0 bridgehead atoms. The Bertz CT molecular complexity index is 1550. The molecule has 1 atom stereocenters. The van der Waals surface area contributed by atoms with Gasteiger partial charge >= 0.3 is 17.9 Å². The minimum atomic E-state index is -0.776. The molecule has 0 radical (unpaired) electrons. The summed E-state index contributed by atoms with van der Waals surface area (Å²) in [7, 11) is 0. The van der Waals surface area contributed by atoms with E-state index in [0.717, 1.165) is 96.3 Å². The minimum Gasteiger partial charge on any atom is -0.462 e. The van der Waals surface area contributed by atoms with Crippen LogP contribution in [0.2, 0.25) is 0 Å². The fraction of sp³-hybridized carbons (Fsp3) is 0.776. The molecule has 0 aliphatic carbocycles. The van der Waals surface area contributed by atoms with E-state index in [0.29, 0.717) is 19.3 Å². The van der Waals surface area contributed by atoms with Gasteiger partial charge in [-0.2, -0.15) is 0 Å². The summed E-state index contributed by atoms with van der Waals surface area (Å²) in [6.07, 6.45) is 93.3. The van der Waals surface area contributed by atoms with E-state index < -0.39 is 6.10 Å². The predicted octanol–water partition coefficient (Wildman–Crippen LogP) is 24.6. The van der Waals surface area contributed by atoms with E-state index >= 15 is 0 Å². The van der Waals surface area contributed by atoms with Crippen LogP contribution in [0.4, 0.5) is 0 Å². The molecule has 0 saturated heterocycles. The van der Waals surface area contributed by atoms with Crippen molar-refractivity contribution in [2.75, 3.05) is 13.2 Å². The number of ether oxygens (including phenoxy) is 3. The molecule has 0 amide bonds. The summed E-state index contributed by atoms with van der Waals surface area (Å²) >= 11 is 0.